The average Bonchev–Trinajstić information content (AvgIpc) is 3.02. The molecule has 0 spiro atoms. The fourth-order valence-corrected chi connectivity index (χ4v) is 10.0. The third-order valence-electron chi connectivity index (χ3n) is 10.2. The van der Waals surface area contributed by atoms with Gasteiger partial charge < -0.3 is 0 Å². The van der Waals surface area contributed by atoms with Crippen molar-refractivity contribution in [1.29, 1.82) is 0 Å². The highest BCUT2D eigenvalue weighted by molar-refractivity contribution is 8.00. The van der Waals surface area contributed by atoms with Crippen LogP contribution < -0.4 is 0 Å². The van der Waals surface area contributed by atoms with Gasteiger partial charge in [-0.2, -0.15) is 24.4 Å². The molecule has 0 heterocycles. The zero-order valence-corrected chi connectivity index (χ0v) is 20.1. The lowest BCUT2D eigenvalue weighted by molar-refractivity contribution is -0.113. The number of hydrogen-bond acceptors (Lipinski definition) is 2. The highest BCUT2D eigenvalue weighted by Crippen LogP contribution is 2.68. The van der Waals surface area contributed by atoms with Crippen LogP contribution in [0.4, 0.5) is 0 Å². The molecule has 4 rings (SSSR count). The number of hydrogen-bond donors (Lipinski definition) is 1. The van der Waals surface area contributed by atoms with Crippen LogP contribution in [0.3, 0.4) is 0 Å². The van der Waals surface area contributed by atoms with Crippen molar-refractivity contribution in [2.24, 2.45) is 46.3 Å². The van der Waals surface area contributed by atoms with Gasteiger partial charge in [0.15, 0.2) is 0 Å². The molecule has 0 saturated heterocycles. The Morgan fingerprint density at radius 2 is 1.67 bits per heavy atom. The number of rotatable bonds is 5. The molecule has 4 aliphatic rings. The van der Waals surface area contributed by atoms with Crippen molar-refractivity contribution >= 4 is 24.4 Å². The fraction of sp³-hybridized carbons (Fsp3) is 1.00. The van der Waals surface area contributed by atoms with Crippen molar-refractivity contribution in [2.45, 2.75) is 97.2 Å². The number of thiol groups is 1. The molecule has 0 nitrogen and oxygen atoms in total. The minimum Gasteiger partial charge on any atom is -0.178 e. The van der Waals surface area contributed by atoms with Gasteiger partial charge in [-0.1, -0.05) is 40.5 Å². The molecule has 0 bridgehead atoms. The summed E-state index contributed by atoms with van der Waals surface area (Å²) in [5.41, 5.74) is 1.34. The van der Waals surface area contributed by atoms with Crippen molar-refractivity contribution in [3.05, 3.63) is 0 Å². The Balaban J connectivity index is 1.48. The lowest BCUT2D eigenvalue weighted by atomic mass is 9.44. The zero-order chi connectivity index (χ0) is 19.2. The highest BCUT2D eigenvalue weighted by atomic mass is 32.2. The van der Waals surface area contributed by atoms with Crippen LogP contribution in [0.15, 0.2) is 0 Å². The summed E-state index contributed by atoms with van der Waals surface area (Å²) in [6.07, 6.45) is 15.4. The first-order chi connectivity index (χ1) is 12.9. The van der Waals surface area contributed by atoms with Gasteiger partial charge in [-0.25, -0.2) is 0 Å². The molecule has 0 radical (unpaired) electrons. The minimum absolute atomic E-state index is 0.642. The van der Waals surface area contributed by atoms with E-state index in [0.29, 0.717) is 16.1 Å². The molecule has 0 aliphatic heterocycles. The summed E-state index contributed by atoms with van der Waals surface area (Å²) < 4.78 is 0. The van der Waals surface area contributed by atoms with Crippen LogP contribution in [-0.2, 0) is 0 Å². The van der Waals surface area contributed by atoms with Crippen LogP contribution in [-0.4, -0.2) is 16.8 Å². The predicted molar refractivity (Wildman–Crippen MR) is 125 cm³/mol. The zero-order valence-electron chi connectivity index (χ0n) is 18.4. The first-order valence-corrected chi connectivity index (χ1v) is 13.8. The summed E-state index contributed by atoms with van der Waals surface area (Å²) in [5.74, 6) is 8.44. The Kier molecular flexibility index (Phi) is 6.27. The van der Waals surface area contributed by atoms with Crippen molar-refractivity contribution in [3.63, 3.8) is 0 Å². The van der Waals surface area contributed by atoms with E-state index in [0.717, 1.165) is 41.3 Å². The maximum absolute atomic E-state index is 4.49. The largest absolute Gasteiger partial charge is 0.178 e. The van der Waals surface area contributed by atoms with Crippen LogP contribution in [0.2, 0.25) is 0 Å². The van der Waals surface area contributed by atoms with E-state index in [1.165, 1.54) is 31.4 Å². The average molecular weight is 409 g/mol. The third-order valence-corrected chi connectivity index (χ3v) is 12.5. The van der Waals surface area contributed by atoms with E-state index < -0.39 is 0 Å². The van der Waals surface area contributed by atoms with Crippen LogP contribution in [0.1, 0.15) is 91.9 Å². The molecule has 156 valence electrons. The van der Waals surface area contributed by atoms with Crippen molar-refractivity contribution in [1.82, 2.24) is 0 Å². The molecule has 2 heteroatoms. The Bertz CT molecular complexity index is 518. The van der Waals surface area contributed by atoms with E-state index in [4.69, 9.17) is 0 Å². The van der Waals surface area contributed by atoms with E-state index in [-0.39, 0.29) is 0 Å². The summed E-state index contributed by atoms with van der Waals surface area (Å²) in [5, 5.41) is 0.707. The van der Waals surface area contributed by atoms with Gasteiger partial charge in [0.05, 0.1) is 0 Å². The molecule has 4 fully saturated rings. The lowest BCUT2D eigenvalue weighted by Crippen LogP contribution is -2.53. The molecular formula is C25H44S2. The van der Waals surface area contributed by atoms with E-state index >= 15 is 0 Å². The number of fused-ring (bicyclic) bond motifs is 5. The molecule has 27 heavy (non-hydrogen) atoms. The molecule has 0 N–H and O–H groups in total. The summed E-state index contributed by atoms with van der Waals surface area (Å²) in [7, 11) is 0. The van der Waals surface area contributed by atoms with E-state index in [2.05, 4.69) is 52.1 Å². The minimum atomic E-state index is 0.642. The summed E-state index contributed by atoms with van der Waals surface area (Å²) in [6, 6.07) is 0. The van der Waals surface area contributed by atoms with Crippen molar-refractivity contribution in [3.8, 4) is 0 Å². The molecular weight excluding hydrogens is 364 g/mol. The van der Waals surface area contributed by atoms with Crippen LogP contribution >= 0.6 is 24.4 Å². The normalized spacial score (nSPS) is 49.0. The van der Waals surface area contributed by atoms with Gasteiger partial charge in [0, 0.05) is 11.0 Å². The van der Waals surface area contributed by atoms with Gasteiger partial charge in [-0.05, 0) is 103 Å². The van der Waals surface area contributed by atoms with Gasteiger partial charge in [-0.3, -0.25) is 0 Å². The van der Waals surface area contributed by atoms with Gasteiger partial charge in [0.25, 0.3) is 0 Å². The summed E-state index contributed by atoms with van der Waals surface area (Å²) >= 11 is 6.66. The van der Waals surface area contributed by atoms with Gasteiger partial charge in [-0.15, -0.1) is 0 Å². The summed E-state index contributed by atoms with van der Waals surface area (Å²) in [4.78, 5) is 0. The second-order valence-corrected chi connectivity index (χ2v) is 13.3. The standard InChI is InChI=1S/C25H44S2/c1-17(16-27-18(2)15-26)21-10-11-22-20-9-8-19-7-5-6-13-24(19,3)23(20)12-14-25(21,22)4/h17-23,26H,5-16H2,1-4H3/t17?,18?,19?,20?,21?,22?,23?,24-,25?/m0/s1. The van der Waals surface area contributed by atoms with Gasteiger partial charge in [0.1, 0.15) is 0 Å². The summed E-state index contributed by atoms with van der Waals surface area (Å²) in [6.45, 7) is 10.4. The second-order valence-electron chi connectivity index (χ2n) is 11.4. The molecule has 4 aliphatic carbocycles. The predicted octanol–water partition coefficient (Wildman–Crippen LogP) is 7.72. The van der Waals surface area contributed by atoms with Crippen molar-refractivity contribution in [2.75, 3.05) is 11.5 Å². The third kappa shape index (κ3) is 3.55. The first-order valence-electron chi connectivity index (χ1n) is 12.1. The quantitative estimate of drug-likeness (QED) is 0.454. The molecule has 8 unspecified atom stereocenters. The van der Waals surface area contributed by atoms with E-state index in [1.807, 2.05) is 0 Å². The SMILES string of the molecule is CC(CS)SCC(C)C1CCC2C3CCC4CCCC[C@]4(C)C3CCC12C. The van der Waals surface area contributed by atoms with Crippen LogP contribution in [0, 0.1) is 46.3 Å². The van der Waals surface area contributed by atoms with Crippen LogP contribution in [0.5, 0.6) is 0 Å². The molecule has 0 aromatic heterocycles. The molecule has 9 atom stereocenters. The smallest absolute Gasteiger partial charge is 0.0107 e. The Labute approximate surface area is 179 Å². The van der Waals surface area contributed by atoms with Crippen molar-refractivity contribution < 1.29 is 0 Å². The monoisotopic (exact) mass is 408 g/mol. The Hall–Kier alpha value is 0.700. The molecule has 0 aromatic carbocycles. The number of thioether (sulfide) groups is 1. The maximum atomic E-state index is 4.49. The van der Waals surface area contributed by atoms with E-state index in [9.17, 15) is 0 Å². The second kappa shape index (κ2) is 8.09. The fourth-order valence-electron chi connectivity index (χ4n) is 8.76. The molecule has 4 saturated carbocycles. The van der Waals surface area contributed by atoms with Gasteiger partial charge in [0.2, 0.25) is 0 Å². The maximum Gasteiger partial charge on any atom is 0.0107 e. The van der Waals surface area contributed by atoms with Crippen LogP contribution in [0.25, 0.3) is 0 Å². The Morgan fingerprint density at radius 3 is 2.44 bits per heavy atom. The Morgan fingerprint density at radius 1 is 0.889 bits per heavy atom. The first kappa shape index (κ1) is 21.0. The topological polar surface area (TPSA) is 0 Å². The van der Waals surface area contributed by atoms with Gasteiger partial charge >= 0.3 is 0 Å². The van der Waals surface area contributed by atoms with E-state index in [1.54, 1.807) is 38.5 Å². The lowest BCUT2D eigenvalue weighted by Gasteiger charge is -2.61. The molecule has 0 aromatic rings. The highest BCUT2D eigenvalue weighted by Gasteiger charge is 2.60. The molecule has 0 amide bonds.